The highest BCUT2D eigenvalue weighted by molar-refractivity contribution is 5.99. The van der Waals surface area contributed by atoms with Crippen molar-refractivity contribution >= 4 is 17.4 Å². The molecule has 120 valence electrons. The fourth-order valence-corrected chi connectivity index (χ4v) is 2.27. The van der Waals surface area contributed by atoms with E-state index in [9.17, 15) is 14.0 Å². The Morgan fingerprint density at radius 3 is 2.22 bits per heavy atom. The largest absolute Gasteiger partial charge is 0.326 e. The van der Waals surface area contributed by atoms with Crippen molar-refractivity contribution in [2.45, 2.75) is 32.6 Å². The standard InChI is InChI=1S/C19H20FNO2/c1-2-3-14-4-10-17(11-5-14)21-19(23)13-12-18(22)15-6-8-16(20)9-7-15/h4-11H,2-3,12-13H2,1H3,(H,21,23). The van der Waals surface area contributed by atoms with Gasteiger partial charge in [-0.05, 0) is 48.4 Å². The summed E-state index contributed by atoms with van der Waals surface area (Å²) in [6, 6.07) is 13.1. The number of Topliss-reactive ketones (excluding diaryl/α,β-unsaturated/α-hetero) is 1. The molecule has 0 aliphatic heterocycles. The molecule has 0 bridgehead atoms. The van der Waals surface area contributed by atoms with E-state index < -0.39 is 0 Å². The minimum absolute atomic E-state index is 0.103. The average molecular weight is 313 g/mol. The van der Waals surface area contributed by atoms with E-state index in [1.54, 1.807) is 0 Å². The number of benzene rings is 2. The maximum Gasteiger partial charge on any atom is 0.224 e. The van der Waals surface area contributed by atoms with Crippen molar-refractivity contribution in [3.05, 3.63) is 65.5 Å². The van der Waals surface area contributed by atoms with Gasteiger partial charge in [-0.15, -0.1) is 0 Å². The van der Waals surface area contributed by atoms with Gasteiger partial charge in [0.05, 0.1) is 0 Å². The molecule has 2 rings (SSSR count). The van der Waals surface area contributed by atoms with Crippen LogP contribution in [0.5, 0.6) is 0 Å². The molecular formula is C19H20FNO2. The minimum Gasteiger partial charge on any atom is -0.326 e. The second-order valence-electron chi connectivity index (χ2n) is 5.43. The monoisotopic (exact) mass is 313 g/mol. The molecule has 0 heterocycles. The summed E-state index contributed by atoms with van der Waals surface area (Å²) in [5.74, 6) is -0.757. The number of carbonyl (C=O) groups is 2. The first-order valence-corrected chi connectivity index (χ1v) is 7.76. The highest BCUT2D eigenvalue weighted by atomic mass is 19.1. The van der Waals surface area contributed by atoms with E-state index >= 15 is 0 Å². The van der Waals surface area contributed by atoms with Gasteiger partial charge in [-0.2, -0.15) is 0 Å². The number of rotatable bonds is 7. The summed E-state index contributed by atoms with van der Waals surface area (Å²) in [4.78, 5) is 23.8. The quantitative estimate of drug-likeness (QED) is 0.771. The van der Waals surface area contributed by atoms with Crippen molar-refractivity contribution in [1.82, 2.24) is 0 Å². The Morgan fingerprint density at radius 2 is 1.61 bits per heavy atom. The van der Waals surface area contributed by atoms with Crippen LogP contribution in [-0.4, -0.2) is 11.7 Å². The van der Waals surface area contributed by atoms with Crippen LogP contribution >= 0.6 is 0 Å². The Hall–Kier alpha value is -2.49. The predicted molar refractivity (Wildman–Crippen MR) is 89.0 cm³/mol. The molecule has 2 aromatic rings. The molecule has 3 nitrogen and oxygen atoms in total. The van der Waals surface area contributed by atoms with Crippen LogP contribution < -0.4 is 5.32 Å². The molecule has 0 radical (unpaired) electrons. The van der Waals surface area contributed by atoms with Gasteiger partial charge in [-0.25, -0.2) is 4.39 Å². The van der Waals surface area contributed by atoms with Crippen molar-refractivity contribution in [2.24, 2.45) is 0 Å². The van der Waals surface area contributed by atoms with Gasteiger partial charge in [0.15, 0.2) is 5.78 Å². The third kappa shape index (κ3) is 5.33. The Morgan fingerprint density at radius 1 is 0.957 bits per heavy atom. The fourth-order valence-electron chi connectivity index (χ4n) is 2.27. The van der Waals surface area contributed by atoms with E-state index in [0.717, 1.165) is 18.5 Å². The van der Waals surface area contributed by atoms with Crippen LogP contribution in [0.4, 0.5) is 10.1 Å². The summed E-state index contributed by atoms with van der Waals surface area (Å²) in [7, 11) is 0. The molecule has 0 aliphatic carbocycles. The lowest BCUT2D eigenvalue weighted by Gasteiger charge is -2.06. The summed E-state index contributed by atoms with van der Waals surface area (Å²) in [6.45, 7) is 2.12. The Kier molecular flexibility index (Phi) is 6.03. The molecule has 4 heteroatoms. The topological polar surface area (TPSA) is 46.2 Å². The number of nitrogens with one attached hydrogen (secondary N) is 1. The number of amides is 1. The maximum absolute atomic E-state index is 12.8. The van der Waals surface area contributed by atoms with Gasteiger partial charge in [0.2, 0.25) is 5.91 Å². The van der Waals surface area contributed by atoms with Crippen molar-refractivity contribution in [1.29, 1.82) is 0 Å². The van der Waals surface area contributed by atoms with Crippen LogP contribution in [0.2, 0.25) is 0 Å². The lowest BCUT2D eigenvalue weighted by molar-refractivity contribution is -0.116. The highest BCUT2D eigenvalue weighted by Gasteiger charge is 2.09. The highest BCUT2D eigenvalue weighted by Crippen LogP contribution is 2.12. The summed E-state index contributed by atoms with van der Waals surface area (Å²) >= 11 is 0. The van der Waals surface area contributed by atoms with E-state index in [0.29, 0.717) is 5.56 Å². The van der Waals surface area contributed by atoms with Crippen LogP contribution in [0, 0.1) is 5.82 Å². The van der Waals surface area contributed by atoms with Gasteiger partial charge in [0, 0.05) is 24.1 Å². The summed E-state index contributed by atoms with van der Waals surface area (Å²) in [5.41, 5.74) is 2.38. The maximum atomic E-state index is 12.8. The average Bonchev–Trinajstić information content (AvgIpc) is 2.55. The molecule has 23 heavy (non-hydrogen) atoms. The molecule has 0 saturated heterocycles. The number of hydrogen-bond donors (Lipinski definition) is 1. The van der Waals surface area contributed by atoms with Gasteiger partial charge >= 0.3 is 0 Å². The van der Waals surface area contributed by atoms with Crippen molar-refractivity contribution < 1.29 is 14.0 Å². The van der Waals surface area contributed by atoms with Crippen molar-refractivity contribution in [3.63, 3.8) is 0 Å². The number of aryl methyl sites for hydroxylation is 1. The SMILES string of the molecule is CCCc1ccc(NC(=O)CCC(=O)c2ccc(F)cc2)cc1. The number of hydrogen-bond acceptors (Lipinski definition) is 2. The molecule has 0 unspecified atom stereocenters. The molecule has 0 fully saturated rings. The second-order valence-corrected chi connectivity index (χ2v) is 5.43. The molecular weight excluding hydrogens is 293 g/mol. The van der Waals surface area contributed by atoms with E-state index in [-0.39, 0.29) is 30.3 Å². The number of halogens is 1. The zero-order valence-corrected chi connectivity index (χ0v) is 13.1. The van der Waals surface area contributed by atoms with Crippen molar-refractivity contribution in [3.8, 4) is 0 Å². The molecule has 1 N–H and O–H groups in total. The molecule has 0 aliphatic rings. The molecule has 0 spiro atoms. The van der Waals surface area contributed by atoms with Gasteiger partial charge in [-0.3, -0.25) is 9.59 Å². The first-order valence-electron chi connectivity index (χ1n) is 7.76. The Bertz CT molecular complexity index is 663. The molecule has 0 atom stereocenters. The summed E-state index contributed by atoms with van der Waals surface area (Å²) in [6.07, 6.45) is 2.30. The Balaban J connectivity index is 1.82. The minimum atomic E-state index is -0.384. The van der Waals surface area contributed by atoms with E-state index in [1.165, 1.54) is 29.8 Å². The van der Waals surface area contributed by atoms with E-state index in [2.05, 4.69) is 12.2 Å². The first-order chi connectivity index (χ1) is 11.1. The summed E-state index contributed by atoms with van der Waals surface area (Å²) < 4.78 is 12.8. The number of anilines is 1. The van der Waals surface area contributed by atoms with Crippen LogP contribution in [0.15, 0.2) is 48.5 Å². The van der Waals surface area contributed by atoms with Gasteiger partial charge in [0.1, 0.15) is 5.82 Å². The fraction of sp³-hybridized carbons (Fsp3) is 0.263. The molecule has 0 saturated carbocycles. The van der Waals surface area contributed by atoms with Crippen LogP contribution in [0.3, 0.4) is 0 Å². The third-order valence-electron chi connectivity index (χ3n) is 3.52. The smallest absolute Gasteiger partial charge is 0.224 e. The molecule has 2 aromatic carbocycles. The van der Waals surface area contributed by atoms with Crippen LogP contribution in [0.25, 0.3) is 0 Å². The third-order valence-corrected chi connectivity index (χ3v) is 3.52. The number of ketones is 1. The molecule has 1 amide bonds. The first kappa shape index (κ1) is 16.9. The van der Waals surface area contributed by atoms with E-state index in [1.807, 2.05) is 24.3 Å². The van der Waals surface area contributed by atoms with Crippen LogP contribution in [0.1, 0.15) is 42.1 Å². The lowest BCUT2D eigenvalue weighted by Crippen LogP contribution is -2.13. The molecule has 0 aromatic heterocycles. The lowest BCUT2D eigenvalue weighted by atomic mass is 10.1. The van der Waals surface area contributed by atoms with Gasteiger partial charge in [0.25, 0.3) is 0 Å². The zero-order valence-electron chi connectivity index (χ0n) is 13.1. The van der Waals surface area contributed by atoms with Gasteiger partial charge < -0.3 is 5.32 Å². The van der Waals surface area contributed by atoms with Gasteiger partial charge in [-0.1, -0.05) is 25.5 Å². The van der Waals surface area contributed by atoms with E-state index in [4.69, 9.17) is 0 Å². The normalized spacial score (nSPS) is 10.3. The van der Waals surface area contributed by atoms with Crippen LogP contribution in [-0.2, 0) is 11.2 Å². The van der Waals surface area contributed by atoms with Crippen molar-refractivity contribution in [2.75, 3.05) is 5.32 Å². The number of carbonyl (C=O) groups excluding carboxylic acids is 2. The Labute approximate surface area is 135 Å². The second kappa shape index (κ2) is 8.22. The predicted octanol–water partition coefficient (Wildman–Crippen LogP) is 4.38. The zero-order chi connectivity index (χ0) is 16.7. The summed E-state index contributed by atoms with van der Waals surface area (Å²) in [5, 5.41) is 2.78.